The molecule has 0 unspecified atom stereocenters. The number of nitrogens with zero attached hydrogens (tertiary/aromatic N) is 4. The summed E-state index contributed by atoms with van der Waals surface area (Å²) in [7, 11) is 1.91. The molecule has 0 saturated carbocycles. The smallest absolute Gasteiger partial charge is 0.162 e. The third kappa shape index (κ3) is 2.67. The molecule has 0 spiro atoms. The molecule has 0 aromatic carbocycles. The molecule has 0 amide bonds. The first-order valence-electron chi connectivity index (χ1n) is 7.65. The second kappa shape index (κ2) is 5.76. The summed E-state index contributed by atoms with van der Waals surface area (Å²) in [6.07, 6.45) is 3.72. The second-order valence-electron chi connectivity index (χ2n) is 5.70. The van der Waals surface area contributed by atoms with Crippen LogP contribution in [-0.2, 0) is 13.6 Å². The van der Waals surface area contributed by atoms with Crippen LogP contribution in [0, 0.1) is 13.8 Å². The predicted molar refractivity (Wildman–Crippen MR) is 95.1 cm³/mol. The number of aromatic nitrogens is 4. The Labute approximate surface area is 143 Å². The van der Waals surface area contributed by atoms with Gasteiger partial charge >= 0.3 is 0 Å². The van der Waals surface area contributed by atoms with Gasteiger partial charge in [0.05, 0.1) is 24.1 Å². The van der Waals surface area contributed by atoms with Crippen LogP contribution in [0.3, 0.4) is 0 Å². The minimum Gasteiger partial charge on any atom is -0.459 e. The minimum atomic E-state index is 0.698. The summed E-state index contributed by atoms with van der Waals surface area (Å²) in [6.45, 7) is 4.63. The van der Waals surface area contributed by atoms with Gasteiger partial charge in [-0.1, -0.05) is 0 Å². The number of hydrogen-bond donors (Lipinski definition) is 1. The van der Waals surface area contributed by atoms with Gasteiger partial charge in [0.25, 0.3) is 0 Å². The SMILES string of the molecule is Cc1ccc(-c2ncc(CNc3cnc4c(c3)c(C)nn4C)s2)o1. The van der Waals surface area contributed by atoms with Gasteiger partial charge in [-0.15, -0.1) is 11.3 Å². The Morgan fingerprint density at radius 3 is 2.88 bits per heavy atom. The fourth-order valence-electron chi connectivity index (χ4n) is 2.65. The maximum atomic E-state index is 5.62. The lowest BCUT2D eigenvalue weighted by atomic mass is 10.2. The Kier molecular flexibility index (Phi) is 3.57. The molecule has 6 nitrogen and oxygen atoms in total. The number of thiazole rings is 1. The van der Waals surface area contributed by atoms with E-state index in [0.29, 0.717) is 6.54 Å². The van der Waals surface area contributed by atoms with Gasteiger partial charge < -0.3 is 9.73 Å². The highest BCUT2D eigenvalue weighted by Crippen LogP contribution is 2.27. The van der Waals surface area contributed by atoms with Crippen molar-refractivity contribution in [2.45, 2.75) is 20.4 Å². The fraction of sp³-hybridized carbons (Fsp3) is 0.235. The maximum absolute atomic E-state index is 5.62. The van der Waals surface area contributed by atoms with Crippen molar-refractivity contribution in [3.05, 3.63) is 46.9 Å². The van der Waals surface area contributed by atoms with Crippen LogP contribution in [0.4, 0.5) is 5.69 Å². The minimum absolute atomic E-state index is 0.698. The van der Waals surface area contributed by atoms with Crippen molar-refractivity contribution in [2.24, 2.45) is 7.05 Å². The van der Waals surface area contributed by atoms with Crippen molar-refractivity contribution in [3.8, 4) is 10.8 Å². The molecule has 0 aliphatic rings. The highest BCUT2D eigenvalue weighted by molar-refractivity contribution is 7.14. The molecule has 1 N–H and O–H groups in total. The zero-order valence-electron chi connectivity index (χ0n) is 13.7. The number of aryl methyl sites for hydroxylation is 3. The lowest BCUT2D eigenvalue weighted by molar-refractivity contribution is 0.548. The van der Waals surface area contributed by atoms with Gasteiger partial charge in [-0.3, -0.25) is 4.68 Å². The van der Waals surface area contributed by atoms with Crippen LogP contribution >= 0.6 is 11.3 Å². The van der Waals surface area contributed by atoms with E-state index in [1.807, 2.05) is 45.4 Å². The second-order valence-corrected chi connectivity index (χ2v) is 6.81. The maximum Gasteiger partial charge on any atom is 0.162 e. The van der Waals surface area contributed by atoms with Gasteiger partial charge in [0.1, 0.15) is 5.76 Å². The van der Waals surface area contributed by atoms with Crippen molar-refractivity contribution >= 4 is 28.1 Å². The quantitative estimate of drug-likeness (QED) is 0.610. The molecule has 122 valence electrons. The Hall–Kier alpha value is -2.67. The summed E-state index contributed by atoms with van der Waals surface area (Å²) in [5, 5.41) is 9.76. The highest BCUT2D eigenvalue weighted by atomic mass is 32.1. The Bertz CT molecular complexity index is 1010. The van der Waals surface area contributed by atoms with Gasteiger partial charge in [0, 0.05) is 23.5 Å². The molecule has 0 fully saturated rings. The number of pyridine rings is 1. The molecule has 7 heteroatoms. The van der Waals surface area contributed by atoms with Crippen LogP contribution in [0.2, 0.25) is 0 Å². The molecule has 0 aliphatic carbocycles. The van der Waals surface area contributed by atoms with Gasteiger partial charge in [0.2, 0.25) is 0 Å². The molecule has 0 atom stereocenters. The van der Waals surface area contributed by atoms with E-state index in [-0.39, 0.29) is 0 Å². The molecule has 0 bridgehead atoms. The molecule has 0 aliphatic heterocycles. The normalized spacial score (nSPS) is 11.3. The molecule has 4 heterocycles. The van der Waals surface area contributed by atoms with Crippen LogP contribution in [0.15, 0.2) is 35.0 Å². The lowest BCUT2D eigenvalue weighted by Gasteiger charge is -2.04. The Morgan fingerprint density at radius 2 is 2.08 bits per heavy atom. The Balaban J connectivity index is 1.51. The van der Waals surface area contributed by atoms with Crippen LogP contribution in [0.1, 0.15) is 16.3 Å². The largest absolute Gasteiger partial charge is 0.459 e. The number of fused-ring (bicyclic) bond motifs is 1. The van der Waals surface area contributed by atoms with Gasteiger partial charge in [-0.2, -0.15) is 5.10 Å². The Morgan fingerprint density at radius 1 is 1.21 bits per heavy atom. The van der Waals surface area contributed by atoms with E-state index in [1.165, 1.54) is 0 Å². The number of rotatable bonds is 4. The third-order valence-corrected chi connectivity index (χ3v) is 4.85. The monoisotopic (exact) mass is 339 g/mol. The number of hydrogen-bond acceptors (Lipinski definition) is 6. The molecule has 0 radical (unpaired) electrons. The topological polar surface area (TPSA) is 68.8 Å². The van der Waals surface area contributed by atoms with Crippen molar-refractivity contribution in [1.29, 1.82) is 0 Å². The first-order valence-corrected chi connectivity index (χ1v) is 8.46. The molecule has 4 aromatic heterocycles. The van der Waals surface area contributed by atoms with Crippen LogP contribution in [0.5, 0.6) is 0 Å². The average Bonchev–Trinajstić information content (AvgIpc) is 3.26. The summed E-state index contributed by atoms with van der Waals surface area (Å²) in [5.41, 5.74) is 2.85. The molecule has 4 rings (SSSR count). The standard InChI is InChI=1S/C17H17N5OS/c1-10-4-5-15(23-10)17-20-9-13(24-17)8-18-12-6-14-11(2)21-22(3)16(14)19-7-12/h4-7,9,18H,8H2,1-3H3. The molecule has 0 saturated heterocycles. The number of furan rings is 1. The first-order chi connectivity index (χ1) is 11.6. The van der Waals surface area contributed by atoms with E-state index in [2.05, 4.69) is 26.4 Å². The zero-order valence-corrected chi connectivity index (χ0v) is 14.5. The molecule has 24 heavy (non-hydrogen) atoms. The highest BCUT2D eigenvalue weighted by Gasteiger charge is 2.10. The summed E-state index contributed by atoms with van der Waals surface area (Å²) < 4.78 is 7.42. The van der Waals surface area contributed by atoms with E-state index in [4.69, 9.17) is 4.42 Å². The van der Waals surface area contributed by atoms with E-state index >= 15 is 0 Å². The van der Waals surface area contributed by atoms with Gasteiger partial charge in [-0.25, -0.2) is 9.97 Å². The van der Waals surface area contributed by atoms with Gasteiger partial charge in [0.15, 0.2) is 16.4 Å². The summed E-state index contributed by atoms with van der Waals surface area (Å²) >= 11 is 1.63. The summed E-state index contributed by atoms with van der Waals surface area (Å²) in [4.78, 5) is 10.1. The van der Waals surface area contributed by atoms with E-state index < -0.39 is 0 Å². The van der Waals surface area contributed by atoms with E-state index in [1.54, 1.807) is 16.0 Å². The number of anilines is 1. The summed E-state index contributed by atoms with van der Waals surface area (Å²) in [5.74, 6) is 1.71. The van der Waals surface area contributed by atoms with E-state index in [9.17, 15) is 0 Å². The fourth-order valence-corrected chi connectivity index (χ4v) is 3.46. The van der Waals surface area contributed by atoms with Gasteiger partial charge in [-0.05, 0) is 32.0 Å². The van der Waals surface area contributed by atoms with Crippen molar-refractivity contribution in [1.82, 2.24) is 19.7 Å². The van der Waals surface area contributed by atoms with Crippen molar-refractivity contribution < 1.29 is 4.42 Å². The lowest BCUT2D eigenvalue weighted by Crippen LogP contribution is -1.98. The van der Waals surface area contributed by atoms with E-state index in [0.717, 1.165) is 43.8 Å². The van der Waals surface area contributed by atoms with Crippen molar-refractivity contribution in [3.63, 3.8) is 0 Å². The number of nitrogens with one attached hydrogen (secondary N) is 1. The molecular weight excluding hydrogens is 322 g/mol. The molecular formula is C17H17N5OS. The van der Waals surface area contributed by atoms with Crippen LogP contribution < -0.4 is 5.32 Å². The predicted octanol–water partition coefficient (Wildman–Crippen LogP) is 3.91. The van der Waals surface area contributed by atoms with Crippen LogP contribution in [-0.4, -0.2) is 19.7 Å². The summed E-state index contributed by atoms with van der Waals surface area (Å²) in [6, 6.07) is 5.99. The van der Waals surface area contributed by atoms with Crippen molar-refractivity contribution in [2.75, 3.05) is 5.32 Å². The zero-order chi connectivity index (χ0) is 16.7. The average molecular weight is 339 g/mol. The third-order valence-electron chi connectivity index (χ3n) is 3.83. The molecule has 4 aromatic rings. The first kappa shape index (κ1) is 14.9. The van der Waals surface area contributed by atoms with Crippen LogP contribution in [0.25, 0.3) is 21.8 Å².